The number of para-hydroxylation sites is 1. The molecule has 2 N–H and O–H groups in total. The smallest absolute Gasteiger partial charge is 0.333 e. The Hall–Kier alpha value is -2.31. The zero-order valence-electron chi connectivity index (χ0n) is 11.5. The number of hydrogen-bond donors (Lipinski definition) is 2. The van der Waals surface area contributed by atoms with Crippen LogP contribution in [0.2, 0.25) is 0 Å². The Balaban J connectivity index is 3.07. The van der Waals surface area contributed by atoms with E-state index in [1.165, 1.54) is 6.07 Å². The molecule has 7 nitrogen and oxygen atoms in total. The number of rotatable bonds is 8. The summed E-state index contributed by atoms with van der Waals surface area (Å²) in [5.41, 5.74) is 0.104. The molecule has 20 heavy (non-hydrogen) atoms. The number of carboxylic acids is 1. The average molecular weight is 282 g/mol. The molecule has 0 aromatic heterocycles. The van der Waals surface area contributed by atoms with Crippen LogP contribution in [-0.4, -0.2) is 28.6 Å². The first kappa shape index (κ1) is 15.7. The summed E-state index contributed by atoms with van der Waals surface area (Å²) in [6.45, 7) is 3.87. The van der Waals surface area contributed by atoms with Crippen molar-refractivity contribution in [1.82, 2.24) is 0 Å². The van der Waals surface area contributed by atoms with Crippen molar-refractivity contribution in [3.05, 3.63) is 28.3 Å². The minimum Gasteiger partial charge on any atom is -0.487 e. The maximum atomic E-state index is 11.2. The molecule has 1 aromatic rings. The van der Waals surface area contributed by atoms with Crippen molar-refractivity contribution < 1.29 is 19.6 Å². The van der Waals surface area contributed by atoms with Crippen LogP contribution in [0.25, 0.3) is 0 Å². The van der Waals surface area contributed by atoms with Crippen LogP contribution in [0.1, 0.15) is 26.7 Å². The molecule has 1 aromatic carbocycles. The van der Waals surface area contributed by atoms with Gasteiger partial charge in [0.2, 0.25) is 0 Å². The van der Waals surface area contributed by atoms with Gasteiger partial charge in [-0.3, -0.25) is 14.9 Å². The average Bonchev–Trinajstić information content (AvgIpc) is 2.37. The lowest BCUT2D eigenvalue weighted by molar-refractivity contribution is -0.385. The first-order chi connectivity index (χ1) is 9.49. The number of hydrogen-bond acceptors (Lipinski definition) is 5. The number of carbonyl (C=O) groups is 1. The van der Waals surface area contributed by atoms with E-state index in [4.69, 9.17) is 9.84 Å². The molecule has 1 atom stereocenters. The molecule has 0 fully saturated rings. The van der Waals surface area contributed by atoms with Gasteiger partial charge in [0.05, 0.1) is 18.0 Å². The van der Waals surface area contributed by atoms with Gasteiger partial charge in [-0.25, -0.2) is 0 Å². The van der Waals surface area contributed by atoms with Gasteiger partial charge in [-0.1, -0.05) is 13.0 Å². The highest BCUT2D eigenvalue weighted by Gasteiger charge is 2.23. The molecule has 0 saturated carbocycles. The number of aliphatic carboxylic acids is 1. The molecule has 0 radical (unpaired) electrons. The largest absolute Gasteiger partial charge is 0.487 e. The number of carboxylic acid groups (broad SMARTS) is 1. The Morgan fingerprint density at radius 2 is 2.20 bits per heavy atom. The molecule has 0 aliphatic carbocycles. The van der Waals surface area contributed by atoms with Gasteiger partial charge in [-0.2, -0.15) is 0 Å². The molecule has 110 valence electrons. The van der Waals surface area contributed by atoms with Crippen LogP contribution in [0.3, 0.4) is 0 Å². The molecule has 0 heterocycles. The Morgan fingerprint density at radius 1 is 1.50 bits per heavy atom. The van der Waals surface area contributed by atoms with E-state index < -0.39 is 10.9 Å². The standard InChI is InChI=1S/C13H18N2O5/c1-3-9(8-12(16)17)14-10-6-5-7-11(20-4-2)13(10)15(18)19/h5-7,9,14H,3-4,8H2,1-2H3,(H,16,17). The molecule has 0 aliphatic heterocycles. The van der Waals surface area contributed by atoms with E-state index in [1.807, 2.05) is 6.92 Å². The Labute approximate surface area is 116 Å². The molecule has 0 aliphatic rings. The van der Waals surface area contributed by atoms with Gasteiger partial charge in [0.25, 0.3) is 0 Å². The predicted octanol–water partition coefficient (Wildman–Crippen LogP) is 2.66. The van der Waals surface area contributed by atoms with Crippen LogP contribution in [-0.2, 0) is 4.79 Å². The van der Waals surface area contributed by atoms with Crippen molar-refractivity contribution in [1.29, 1.82) is 0 Å². The maximum Gasteiger partial charge on any atom is 0.333 e. The Bertz CT molecular complexity index is 490. The number of anilines is 1. The number of ether oxygens (including phenoxy) is 1. The van der Waals surface area contributed by atoms with E-state index in [2.05, 4.69) is 5.32 Å². The third-order valence-electron chi connectivity index (χ3n) is 2.75. The predicted molar refractivity (Wildman–Crippen MR) is 74.2 cm³/mol. The fourth-order valence-corrected chi connectivity index (χ4v) is 1.83. The fraction of sp³-hybridized carbons (Fsp3) is 0.462. The molecule has 1 unspecified atom stereocenters. The van der Waals surface area contributed by atoms with Crippen molar-refractivity contribution >= 4 is 17.3 Å². The lowest BCUT2D eigenvalue weighted by Crippen LogP contribution is -2.22. The number of nitrogens with zero attached hydrogens (tertiary/aromatic N) is 1. The minimum absolute atomic E-state index is 0.105. The molecule has 0 amide bonds. The van der Waals surface area contributed by atoms with E-state index in [-0.39, 0.29) is 29.6 Å². The summed E-state index contributed by atoms with van der Waals surface area (Å²) >= 11 is 0. The van der Waals surface area contributed by atoms with Crippen molar-refractivity contribution in [2.75, 3.05) is 11.9 Å². The molecule has 0 spiro atoms. The van der Waals surface area contributed by atoms with Crippen LogP contribution in [0, 0.1) is 10.1 Å². The minimum atomic E-state index is -0.951. The summed E-state index contributed by atoms with van der Waals surface area (Å²) in [7, 11) is 0. The first-order valence-corrected chi connectivity index (χ1v) is 6.38. The zero-order chi connectivity index (χ0) is 15.1. The topological polar surface area (TPSA) is 102 Å². The summed E-state index contributed by atoms with van der Waals surface area (Å²) in [5, 5.41) is 22.9. The van der Waals surface area contributed by atoms with E-state index in [9.17, 15) is 14.9 Å². The second-order valence-corrected chi connectivity index (χ2v) is 4.19. The monoisotopic (exact) mass is 282 g/mol. The normalized spacial score (nSPS) is 11.7. The lowest BCUT2D eigenvalue weighted by atomic mass is 10.1. The molecule has 1 rings (SSSR count). The molecule has 0 bridgehead atoms. The summed E-state index contributed by atoms with van der Waals surface area (Å²) in [6, 6.07) is 4.33. The number of benzene rings is 1. The maximum absolute atomic E-state index is 11.2. The van der Waals surface area contributed by atoms with Crippen molar-refractivity contribution in [2.24, 2.45) is 0 Å². The summed E-state index contributed by atoms with van der Waals surface area (Å²) in [5.74, 6) is -0.777. The molecular weight excluding hydrogens is 264 g/mol. The van der Waals surface area contributed by atoms with E-state index >= 15 is 0 Å². The highest BCUT2D eigenvalue weighted by Crippen LogP contribution is 2.35. The van der Waals surface area contributed by atoms with Gasteiger partial charge < -0.3 is 15.2 Å². The van der Waals surface area contributed by atoms with E-state index in [1.54, 1.807) is 19.1 Å². The van der Waals surface area contributed by atoms with Gasteiger partial charge in [0.1, 0.15) is 5.69 Å². The SMILES string of the molecule is CCOc1cccc(NC(CC)CC(=O)O)c1[N+](=O)[O-]. The summed E-state index contributed by atoms with van der Waals surface area (Å²) < 4.78 is 5.24. The van der Waals surface area contributed by atoms with Gasteiger partial charge in [-0.15, -0.1) is 0 Å². The Morgan fingerprint density at radius 3 is 2.70 bits per heavy atom. The van der Waals surface area contributed by atoms with Gasteiger partial charge >= 0.3 is 11.7 Å². The summed E-state index contributed by atoms with van der Waals surface area (Å²) in [4.78, 5) is 21.4. The third kappa shape index (κ3) is 4.11. The van der Waals surface area contributed by atoms with Crippen LogP contribution in [0.4, 0.5) is 11.4 Å². The number of nitro groups is 1. The van der Waals surface area contributed by atoms with Crippen molar-refractivity contribution in [3.63, 3.8) is 0 Å². The van der Waals surface area contributed by atoms with Gasteiger partial charge in [0, 0.05) is 6.04 Å². The van der Waals surface area contributed by atoms with Crippen molar-refractivity contribution in [3.8, 4) is 5.75 Å². The quantitative estimate of drug-likeness (QED) is 0.561. The van der Waals surface area contributed by atoms with Crippen LogP contribution in [0.15, 0.2) is 18.2 Å². The first-order valence-electron chi connectivity index (χ1n) is 6.38. The van der Waals surface area contributed by atoms with E-state index in [0.29, 0.717) is 13.0 Å². The second-order valence-electron chi connectivity index (χ2n) is 4.19. The van der Waals surface area contributed by atoms with Crippen molar-refractivity contribution in [2.45, 2.75) is 32.7 Å². The highest BCUT2D eigenvalue weighted by atomic mass is 16.6. The fourth-order valence-electron chi connectivity index (χ4n) is 1.83. The zero-order valence-corrected chi connectivity index (χ0v) is 11.5. The van der Waals surface area contributed by atoms with Gasteiger partial charge in [0.15, 0.2) is 5.75 Å². The highest BCUT2D eigenvalue weighted by molar-refractivity contribution is 5.71. The molecule has 7 heteroatoms. The van der Waals surface area contributed by atoms with Crippen LogP contribution in [0.5, 0.6) is 5.75 Å². The second kappa shape index (κ2) is 7.32. The van der Waals surface area contributed by atoms with Gasteiger partial charge in [-0.05, 0) is 25.5 Å². The third-order valence-corrected chi connectivity index (χ3v) is 2.75. The lowest BCUT2D eigenvalue weighted by Gasteiger charge is -2.17. The molecule has 0 saturated heterocycles. The Kier molecular flexibility index (Phi) is 5.76. The number of nitro benzene ring substituents is 1. The number of nitrogens with one attached hydrogen (secondary N) is 1. The van der Waals surface area contributed by atoms with Crippen LogP contribution < -0.4 is 10.1 Å². The van der Waals surface area contributed by atoms with E-state index in [0.717, 1.165) is 0 Å². The van der Waals surface area contributed by atoms with Crippen LogP contribution >= 0.6 is 0 Å². The summed E-state index contributed by atoms with van der Waals surface area (Å²) in [6.07, 6.45) is 0.439. The molecular formula is C13H18N2O5.